The monoisotopic (exact) mass is 342 g/mol. The van der Waals surface area contributed by atoms with Crippen LogP contribution in [0.4, 0.5) is 14.9 Å². The average Bonchev–Trinajstić information content (AvgIpc) is 2.96. The largest absolute Gasteiger partial charge is 0.343 e. The Bertz CT molecular complexity index is 822. The van der Waals surface area contributed by atoms with E-state index in [4.69, 9.17) is 0 Å². The van der Waals surface area contributed by atoms with Crippen LogP contribution in [0.25, 0.3) is 0 Å². The van der Waals surface area contributed by atoms with Gasteiger partial charge in [-0.05, 0) is 48.2 Å². The summed E-state index contributed by atoms with van der Waals surface area (Å²) in [4.78, 5) is 29.6. The molecule has 3 rings (SSSR count). The first-order chi connectivity index (χ1) is 11.9. The molecule has 25 heavy (non-hydrogen) atoms. The van der Waals surface area contributed by atoms with E-state index in [9.17, 15) is 14.0 Å². The average molecular weight is 342 g/mol. The maximum absolute atomic E-state index is 13.3. The molecule has 1 aliphatic rings. The van der Waals surface area contributed by atoms with E-state index in [0.717, 1.165) is 24.0 Å². The molecule has 130 valence electrons. The SMILES string of the molecule is CN(C)C(=O)c1cc(NC(=O)N[C@H]2CCc3cc(F)ccc32)ccn1. The van der Waals surface area contributed by atoms with Gasteiger partial charge in [0.25, 0.3) is 5.91 Å². The molecule has 2 N–H and O–H groups in total. The van der Waals surface area contributed by atoms with Crippen molar-refractivity contribution in [2.45, 2.75) is 18.9 Å². The normalized spacial score (nSPS) is 15.4. The smallest absolute Gasteiger partial charge is 0.319 e. The predicted octanol–water partition coefficient (Wildman–Crippen LogP) is 2.73. The number of rotatable bonds is 3. The topological polar surface area (TPSA) is 74.3 Å². The third-order valence-electron chi connectivity index (χ3n) is 4.13. The highest BCUT2D eigenvalue weighted by Gasteiger charge is 2.24. The lowest BCUT2D eigenvalue weighted by molar-refractivity contribution is 0.0822. The molecule has 7 heteroatoms. The van der Waals surface area contributed by atoms with Crippen LogP contribution in [0.5, 0.6) is 0 Å². The van der Waals surface area contributed by atoms with Crippen molar-refractivity contribution in [2.24, 2.45) is 0 Å². The predicted molar refractivity (Wildman–Crippen MR) is 91.9 cm³/mol. The van der Waals surface area contributed by atoms with Gasteiger partial charge in [-0.3, -0.25) is 9.78 Å². The molecule has 1 heterocycles. The molecule has 2 aromatic rings. The second kappa shape index (κ2) is 6.88. The van der Waals surface area contributed by atoms with Crippen LogP contribution in [0.15, 0.2) is 36.5 Å². The number of nitrogens with zero attached hydrogens (tertiary/aromatic N) is 2. The van der Waals surface area contributed by atoms with Crippen molar-refractivity contribution in [1.29, 1.82) is 0 Å². The number of carbonyl (C=O) groups excluding carboxylic acids is 2. The van der Waals surface area contributed by atoms with Gasteiger partial charge < -0.3 is 15.5 Å². The van der Waals surface area contributed by atoms with E-state index in [1.54, 1.807) is 26.2 Å². The van der Waals surface area contributed by atoms with E-state index in [-0.39, 0.29) is 29.5 Å². The van der Waals surface area contributed by atoms with E-state index in [2.05, 4.69) is 15.6 Å². The molecule has 0 aliphatic heterocycles. The molecule has 3 amide bonds. The van der Waals surface area contributed by atoms with Gasteiger partial charge in [0.15, 0.2) is 0 Å². The van der Waals surface area contributed by atoms with E-state index in [1.807, 2.05) is 0 Å². The van der Waals surface area contributed by atoms with Crippen LogP contribution >= 0.6 is 0 Å². The highest BCUT2D eigenvalue weighted by molar-refractivity contribution is 5.95. The van der Waals surface area contributed by atoms with Gasteiger partial charge in [-0.25, -0.2) is 9.18 Å². The Hall–Kier alpha value is -2.96. The number of hydrogen-bond acceptors (Lipinski definition) is 3. The van der Waals surface area contributed by atoms with Gasteiger partial charge in [0.05, 0.1) is 6.04 Å². The number of nitrogens with one attached hydrogen (secondary N) is 2. The van der Waals surface area contributed by atoms with Gasteiger partial charge in [-0.1, -0.05) is 6.07 Å². The first-order valence-electron chi connectivity index (χ1n) is 7.97. The zero-order valence-corrected chi connectivity index (χ0v) is 14.0. The van der Waals surface area contributed by atoms with Crippen molar-refractivity contribution < 1.29 is 14.0 Å². The minimum absolute atomic E-state index is 0.152. The number of pyridine rings is 1. The molecule has 0 fully saturated rings. The number of urea groups is 1. The van der Waals surface area contributed by atoms with E-state index in [0.29, 0.717) is 5.69 Å². The van der Waals surface area contributed by atoms with Crippen LogP contribution in [0.1, 0.15) is 34.1 Å². The van der Waals surface area contributed by atoms with Crippen molar-refractivity contribution >= 4 is 17.6 Å². The molecule has 6 nitrogen and oxygen atoms in total. The lowest BCUT2D eigenvalue weighted by atomic mass is 10.1. The summed E-state index contributed by atoms with van der Waals surface area (Å²) in [5, 5.41) is 5.60. The van der Waals surface area contributed by atoms with Crippen LogP contribution < -0.4 is 10.6 Å². The van der Waals surface area contributed by atoms with E-state index < -0.39 is 0 Å². The summed E-state index contributed by atoms with van der Waals surface area (Å²) in [6.07, 6.45) is 2.93. The Morgan fingerprint density at radius 2 is 2.04 bits per heavy atom. The zero-order valence-electron chi connectivity index (χ0n) is 14.0. The molecule has 0 saturated heterocycles. The Balaban J connectivity index is 1.66. The minimum atomic E-state index is -0.378. The lowest BCUT2D eigenvalue weighted by Crippen LogP contribution is -2.31. The molecule has 0 spiro atoms. The fraction of sp³-hybridized carbons (Fsp3) is 0.278. The number of hydrogen-bond donors (Lipinski definition) is 2. The van der Waals surface area contributed by atoms with Crippen molar-refractivity contribution in [3.8, 4) is 0 Å². The summed E-state index contributed by atoms with van der Waals surface area (Å²) >= 11 is 0. The molecule has 1 aromatic heterocycles. The molecule has 0 bridgehead atoms. The standard InChI is InChI=1S/C18H19FN4O2/c1-23(2)17(24)16-10-13(7-8-20-16)21-18(25)22-15-6-3-11-9-12(19)4-5-14(11)15/h4-5,7-10,15H,3,6H2,1-2H3,(H2,20,21,22,25)/t15-/m0/s1. The second-order valence-corrected chi connectivity index (χ2v) is 6.16. The van der Waals surface area contributed by atoms with Gasteiger partial charge in [-0.15, -0.1) is 0 Å². The molecule has 1 aromatic carbocycles. The van der Waals surface area contributed by atoms with Gasteiger partial charge in [0.2, 0.25) is 0 Å². The number of benzene rings is 1. The van der Waals surface area contributed by atoms with Crippen molar-refractivity contribution in [2.75, 3.05) is 19.4 Å². The highest BCUT2D eigenvalue weighted by atomic mass is 19.1. The third kappa shape index (κ3) is 3.76. The molecule has 1 aliphatic carbocycles. The first-order valence-corrected chi connectivity index (χ1v) is 7.97. The maximum Gasteiger partial charge on any atom is 0.319 e. The van der Waals surface area contributed by atoms with Crippen LogP contribution in [0, 0.1) is 5.82 Å². The lowest BCUT2D eigenvalue weighted by Gasteiger charge is -2.15. The van der Waals surface area contributed by atoms with Crippen LogP contribution in [-0.2, 0) is 6.42 Å². The van der Waals surface area contributed by atoms with Crippen molar-refractivity contribution in [3.05, 3.63) is 59.2 Å². The van der Waals surface area contributed by atoms with Crippen molar-refractivity contribution in [1.82, 2.24) is 15.2 Å². The number of aryl methyl sites for hydroxylation is 1. The van der Waals surface area contributed by atoms with E-state index >= 15 is 0 Å². The fourth-order valence-corrected chi connectivity index (χ4v) is 2.92. The number of halogens is 1. The summed E-state index contributed by atoms with van der Waals surface area (Å²) in [5.41, 5.74) is 2.60. The molecule has 0 unspecified atom stereocenters. The van der Waals surface area contributed by atoms with Gasteiger partial charge >= 0.3 is 6.03 Å². The molecule has 1 atom stereocenters. The molecule has 0 saturated carbocycles. The van der Waals surface area contributed by atoms with Crippen LogP contribution in [0.2, 0.25) is 0 Å². The summed E-state index contributed by atoms with van der Waals surface area (Å²) in [6, 6.07) is 7.24. The number of amides is 3. The third-order valence-corrected chi connectivity index (χ3v) is 4.13. The van der Waals surface area contributed by atoms with Crippen molar-refractivity contribution in [3.63, 3.8) is 0 Å². The fourth-order valence-electron chi connectivity index (χ4n) is 2.92. The minimum Gasteiger partial charge on any atom is -0.343 e. The first kappa shape index (κ1) is 16.9. The summed E-state index contributed by atoms with van der Waals surface area (Å²) in [6.45, 7) is 0. The number of fused-ring (bicyclic) bond motifs is 1. The number of carbonyl (C=O) groups is 2. The Morgan fingerprint density at radius 1 is 1.24 bits per heavy atom. The highest BCUT2D eigenvalue weighted by Crippen LogP contribution is 2.31. The quantitative estimate of drug-likeness (QED) is 0.901. The number of anilines is 1. The maximum atomic E-state index is 13.3. The van der Waals surface area contributed by atoms with E-state index in [1.165, 1.54) is 29.3 Å². The summed E-state index contributed by atoms with van der Waals surface area (Å²) in [5.74, 6) is -0.505. The van der Waals surface area contributed by atoms with Gasteiger partial charge in [0, 0.05) is 26.0 Å². The molecular weight excluding hydrogens is 323 g/mol. The van der Waals surface area contributed by atoms with Crippen LogP contribution in [0.3, 0.4) is 0 Å². The van der Waals surface area contributed by atoms with Crippen LogP contribution in [-0.4, -0.2) is 35.9 Å². The Kier molecular flexibility index (Phi) is 4.65. The number of aromatic nitrogens is 1. The molecular formula is C18H19FN4O2. The Morgan fingerprint density at radius 3 is 2.80 bits per heavy atom. The van der Waals surface area contributed by atoms with Gasteiger partial charge in [0.1, 0.15) is 11.5 Å². The Labute approximate surface area is 145 Å². The van der Waals surface area contributed by atoms with Gasteiger partial charge in [-0.2, -0.15) is 0 Å². The second-order valence-electron chi connectivity index (χ2n) is 6.16. The zero-order chi connectivity index (χ0) is 18.0. The summed E-state index contributed by atoms with van der Waals surface area (Å²) < 4.78 is 13.3. The molecule has 0 radical (unpaired) electrons. The summed E-state index contributed by atoms with van der Waals surface area (Å²) in [7, 11) is 3.27.